The maximum atomic E-state index is 13.5. The fourth-order valence-electron chi connectivity index (χ4n) is 1.84. The van der Waals surface area contributed by atoms with Crippen LogP contribution in [0.5, 0.6) is 11.6 Å². The van der Waals surface area contributed by atoms with Crippen molar-refractivity contribution in [3.05, 3.63) is 58.4 Å². The van der Waals surface area contributed by atoms with Gasteiger partial charge in [0.15, 0.2) is 0 Å². The van der Waals surface area contributed by atoms with Crippen LogP contribution >= 0.6 is 15.9 Å². The molecule has 0 spiro atoms. The van der Waals surface area contributed by atoms with Crippen molar-refractivity contribution < 1.29 is 9.13 Å². The molecular formula is C15H10BrFN2O. The summed E-state index contributed by atoms with van der Waals surface area (Å²) in [6, 6.07) is 12.1. The van der Waals surface area contributed by atoms with Crippen LogP contribution in [0.3, 0.4) is 0 Å². The van der Waals surface area contributed by atoms with Crippen LogP contribution in [0.1, 0.15) is 5.69 Å². The molecule has 0 radical (unpaired) electrons. The molecule has 0 atom stereocenters. The third kappa shape index (κ3) is 2.36. The fourth-order valence-corrected chi connectivity index (χ4v) is 2.18. The lowest BCUT2D eigenvalue weighted by Gasteiger charge is -2.10. The van der Waals surface area contributed by atoms with E-state index in [1.165, 1.54) is 6.07 Å². The Hall–Kier alpha value is -2.01. The summed E-state index contributed by atoms with van der Waals surface area (Å²) in [5.74, 6) is 0.363. The Morgan fingerprint density at radius 1 is 1.00 bits per heavy atom. The Morgan fingerprint density at radius 2 is 1.70 bits per heavy atom. The van der Waals surface area contributed by atoms with Gasteiger partial charge >= 0.3 is 0 Å². The first-order chi connectivity index (χ1) is 9.65. The largest absolute Gasteiger partial charge is 0.436 e. The summed E-state index contributed by atoms with van der Waals surface area (Å²) in [6.07, 6.45) is 0. The van der Waals surface area contributed by atoms with E-state index in [-0.39, 0.29) is 10.3 Å². The molecule has 0 amide bonds. The molecule has 0 fully saturated rings. The lowest BCUT2D eigenvalue weighted by atomic mass is 10.3. The summed E-state index contributed by atoms with van der Waals surface area (Å²) >= 11 is 3.16. The number of ether oxygens (including phenoxy) is 1. The zero-order chi connectivity index (χ0) is 14.1. The first kappa shape index (κ1) is 13.0. The molecule has 0 unspecified atom stereocenters. The number of halogens is 2. The molecular weight excluding hydrogens is 323 g/mol. The second-order valence-corrected chi connectivity index (χ2v) is 5.05. The van der Waals surface area contributed by atoms with Gasteiger partial charge in [0, 0.05) is 0 Å². The van der Waals surface area contributed by atoms with Crippen LogP contribution in [-0.2, 0) is 0 Å². The molecule has 5 heteroatoms. The van der Waals surface area contributed by atoms with Crippen LogP contribution in [0.2, 0.25) is 0 Å². The van der Waals surface area contributed by atoms with Crippen LogP contribution in [0.15, 0.2) is 46.9 Å². The second kappa shape index (κ2) is 5.17. The molecule has 3 aromatic rings. The molecule has 20 heavy (non-hydrogen) atoms. The van der Waals surface area contributed by atoms with Crippen LogP contribution in [0.4, 0.5) is 4.39 Å². The molecule has 0 N–H and O–H groups in total. The normalized spacial score (nSPS) is 10.8. The number of benzene rings is 2. The summed E-state index contributed by atoms with van der Waals surface area (Å²) < 4.78 is 19.4. The van der Waals surface area contributed by atoms with Crippen molar-refractivity contribution in [2.24, 2.45) is 0 Å². The summed E-state index contributed by atoms with van der Waals surface area (Å²) in [4.78, 5) is 8.84. The molecule has 0 aliphatic carbocycles. The van der Waals surface area contributed by atoms with E-state index in [2.05, 4.69) is 25.9 Å². The summed E-state index contributed by atoms with van der Waals surface area (Å²) in [7, 11) is 0. The van der Waals surface area contributed by atoms with Gasteiger partial charge in [-0.3, -0.25) is 0 Å². The topological polar surface area (TPSA) is 35.0 Å². The number of nitrogens with zero attached hydrogens (tertiary/aromatic N) is 2. The van der Waals surface area contributed by atoms with E-state index < -0.39 is 0 Å². The number of hydrogen-bond acceptors (Lipinski definition) is 3. The molecule has 100 valence electrons. The zero-order valence-corrected chi connectivity index (χ0v) is 12.2. The Balaban J connectivity index is 2.06. The minimum atomic E-state index is -0.381. The zero-order valence-electron chi connectivity index (χ0n) is 10.6. The van der Waals surface area contributed by atoms with E-state index in [0.717, 1.165) is 11.0 Å². The predicted molar refractivity (Wildman–Crippen MR) is 78.4 cm³/mol. The Morgan fingerprint density at radius 3 is 2.45 bits per heavy atom. The van der Waals surface area contributed by atoms with E-state index in [9.17, 15) is 4.39 Å². The maximum Gasteiger partial charge on any atom is 0.241 e. The van der Waals surface area contributed by atoms with Crippen molar-refractivity contribution in [3.63, 3.8) is 0 Å². The second-order valence-electron chi connectivity index (χ2n) is 4.26. The fraction of sp³-hybridized carbons (Fsp3) is 0.0667. The van der Waals surface area contributed by atoms with Crippen LogP contribution in [0, 0.1) is 12.7 Å². The lowest BCUT2D eigenvalue weighted by Crippen LogP contribution is -1.96. The molecule has 0 aliphatic heterocycles. The molecule has 1 aromatic heterocycles. The lowest BCUT2D eigenvalue weighted by molar-refractivity contribution is 0.449. The molecule has 0 saturated heterocycles. The number of aryl methyl sites for hydroxylation is 1. The first-order valence-corrected chi connectivity index (χ1v) is 6.80. The van der Waals surface area contributed by atoms with Gasteiger partial charge in [-0.15, -0.1) is 0 Å². The van der Waals surface area contributed by atoms with Crippen molar-refractivity contribution in [1.29, 1.82) is 0 Å². The Bertz CT molecular complexity index is 792. The molecule has 3 nitrogen and oxygen atoms in total. The molecule has 1 heterocycles. The standard InChI is InChI=1S/C15H10BrFN2O/c1-9-15(19-12-7-3-2-6-11(12)18-9)20-13-8-4-5-10(17)14(13)16/h2-8H,1H3. The highest BCUT2D eigenvalue weighted by Crippen LogP contribution is 2.32. The molecule has 0 bridgehead atoms. The molecule has 2 aromatic carbocycles. The molecule has 0 aliphatic rings. The van der Waals surface area contributed by atoms with Crippen LogP contribution in [0.25, 0.3) is 11.0 Å². The number of para-hydroxylation sites is 2. The number of fused-ring (bicyclic) bond motifs is 1. The SMILES string of the molecule is Cc1nc2ccccc2nc1Oc1cccc(F)c1Br. The van der Waals surface area contributed by atoms with E-state index in [1.807, 2.05) is 31.2 Å². The van der Waals surface area contributed by atoms with Gasteiger partial charge in [0.25, 0.3) is 0 Å². The quantitative estimate of drug-likeness (QED) is 0.686. The summed E-state index contributed by atoms with van der Waals surface area (Å²) in [5.41, 5.74) is 2.19. The summed E-state index contributed by atoms with van der Waals surface area (Å²) in [5, 5.41) is 0. The number of aromatic nitrogens is 2. The van der Waals surface area contributed by atoms with Crippen molar-refractivity contribution >= 4 is 27.0 Å². The van der Waals surface area contributed by atoms with Gasteiger partial charge in [0.1, 0.15) is 17.3 Å². The third-order valence-electron chi connectivity index (χ3n) is 2.82. The van der Waals surface area contributed by atoms with E-state index >= 15 is 0 Å². The van der Waals surface area contributed by atoms with Gasteiger partial charge in [0.2, 0.25) is 5.88 Å². The van der Waals surface area contributed by atoms with Crippen LogP contribution < -0.4 is 4.74 Å². The smallest absolute Gasteiger partial charge is 0.241 e. The number of rotatable bonds is 2. The number of hydrogen-bond donors (Lipinski definition) is 0. The highest BCUT2D eigenvalue weighted by Gasteiger charge is 2.11. The van der Waals surface area contributed by atoms with Crippen molar-refractivity contribution in [2.75, 3.05) is 0 Å². The highest BCUT2D eigenvalue weighted by atomic mass is 79.9. The van der Waals surface area contributed by atoms with Gasteiger partial charge < -0.3 is 4.74 Å². The maximum absolute atomic E-state index is 13.5. The predicted octanol–water partition coefficient (Wildman–Crippen LogP) is 4.63. The molecule has 0 saturated carbocycles. The Kier molecular flexibility index (Phi) is 3.36. The monoisotopic (exact) mass is 332 g/mol. The first-order valence-electron chi connectivity index (χ1n) is 6.00. The van der Waals surface area contributed by atoms with Gasteiger partial charge in [-0.1, -0.05) is 18.2 Å². The van der Waals surface area contributed by atoms with Crippen molar-refractivity contribution in [1.82, 2.24) is 9.97 Å². The van der Waals surface area contributed by atoms with Crippen LogP contribution in [-0.4, -0.2) is 9.97 Å². The van der Waals surface area contributed by atoms with E-state index in [1.54, 1.807) is 12.1 Å². The van der Waals surface area contributed by atoms with E-state index in [4.69, 9.17) is 4.74 Å². The van der Waals surface area contributed by atoms with Gasteiger partial charge in [-0.25, -0.2) is 14.4 Å². The van der Waals surface area contributed by atoms with Crippen molar-refractivity contribution in [2.45, 2.75) is 6.92 Å². The minimum Gasteiger partial charge on any atom is -0.436 e. The average molecular weight is 333 g/mol. The van der Waals surface area contributed by atoms with Gasteiger partial charge in [-0.05, 0) is 47.1 Å². The van der Waals surface area contributed by atoms with Gasteiger partial charge in [0.05, 0.1) is 15.5 Å². The average Bonchev–Trinajstić information content (AvgIpc) is 2.44. The highest BCUT2D eigenvalue weighted by molar-refractivity contribution is 9.10. The summed E-state index contributed by atoms with van der Waals surface area (Å²) in [6.45, 7) is 1.81. The van der Waals surface area contributed by atoms with E-state index in [0.29, 0.717) is 17.3 Å². The third-order valence-corrected chi connectivity index (χ3v) is 3.59. The van der Waals surface area contributed by atoms with Crippen molar-refractivity contribution in [3.8, 4) is 11.6 Å². The van der Waals surface area contributed by atoms with Gasteiger partial charge in [-0.2, -0.15) is 0 Å². The minimum absolute atomic E-state index is 0.273. The Labute approximate surface area is 123 Å². The molecule has 3 rings (SSSR count).